The quantitative estimate of drug-likeness (QED) is 0.849. The van der Waals surface area contributed by atoms with E-state index in [0.29, 0.717) is 19.2 Å². The lowest BCUT2D eigenvalue weighted by atomic mass is 10.1. The normalized spacial score (nSPS) is 25.4. The van der Waals surface area contributed by atoms with E-state index in [2.05, 4.69) is 35.1 Å². The first kappa shape index (κ1) is 14.2. The number of morpholine rings is 1. The first-order valence-corrected chi connectivity index (χ1v) is 6.78. The Morgan fingerprint density at radius 1 is 1.63 bits per heavy atom. The van der Waals surface area contributed by atoms with E-state index in [1.54, 1.807) is 0 Å². The number of rotatable bonds is 4. The third-order valence-corrected chi connectivity index (χ3v) is 3.71. The first-order chi connectivity index (χ1) is 9.15. The van der Waals surface area contributed by atoms with Crippen LogP contribution >= 0.6 is 0 Å². The van der Waals surface area contributed by atoms with Crippen molar-refractivity contribution in [3.63, 3.8) is 0 Å². The van der Waals surface area contributed by atoms with Gasteiger partial charge in [-0.25, -0.2) is 4.98 Å². The molecule has 2 N–H and O–H groups in total. The molecule has 1 aliphatic rings. The van der Waals surface area contributed by atoms with E-state index in [-0.39, 0.29) is 18.8 Å². The molecule has 5 heteroatoms. The van der Waals surface area contributed by atoms with E-state index >= 15 is 0 Å². The van der Waals surface area contributed by atoms with Crippen LogP contribution in [0.5, 0.6) is 0 Å². The highest BCUT2D eigenvalue weighted by Gasteiger charge is 2.26. The average molecular weight is 265 g/mol. The number of aromatic nitrogens is 1. The Kier molecular flexibility index (Phi) is 4.74. The molecule has 3 unspecified atom stereocenters. The molecule has 1 aliphatic heterocycles. The van der Waals surface area contributed by atoms with Gasteiger partial charge in [0.2, 0.25) is 0 Å². The molecule has 106 valence electrons. The van der Waals surface area contributed by atoms with Gasteiger partial charge in [0.25, 0.3) is 0 Å². The summed E-state index contributed by atoms with van der Waals surface area (Å²) in [6.45, 7) is 5.60. The molecule has 0 amide bonds. The van der Waals surface area contributed by atoms with E-state index in [1.165, 1.54) is 5.56 Å². The number of nitrogens with one attached hydrogen (secondary N) is 1. The van der Waals surface area contributed by atoms with Gasteiger partial charge in [-0.1, -0.05) is 0 Å². The number of aliphatic hydroxyl groups is 1. The van der Waals surface area contributed by atoms with Gasteiger partial charge in [-0.3, -0.25) is 0 Å². The first-order valence-electron chi connectivity index (χ1n) is 6.78. The maximum absolute atomic E-state index is 9.24. The van der Waals surface area contributed by atoms with E-state index in [1.807, 2.05) is 19.3 Å². The van der Waals surface area contributed by atoms with Gasteiger partial charge in [-0.05, 0) is 38.6 Å². The number of aliphatic hydroxyl groups excluding tert-OH is 1. The minimum Gasteiger partial charge on any atom is -0.394 e. The molecule has 0 aromatic carbocycles. The standard InChI is InChI=1S/C14H23N3O2/c1-10-9-19-13(8-18)7-17(10)14-6-12(4-5-16-14)11(2)15-3/h4-6,10-11,13,15,18H,7-9H2,1-3H3. The zero-order valence-electron chi connectivity index (χ0n) is 11.8. The third-order valence-electron chi connectivity index (χ3n) is 3.71. The van der Waals surface area contributed by atoms with Gasteiger partial charge in [0.1, 0.15) is 5.82 Å². The monoisotopic (exact) mass is 265 g/mol. The van der Waals surface area contributed by atoms with Crippen LogP contribution in [0.2, 0.25) is 0 Å². The zero-order valence-corrected chi connectivity index (χ0v) is 11.8. The van der Waals surface area contributed by atoms with E-state index in [4.69, 9.17) is 4.74 Å². The van der Waals surface area contributed by atoms with Crippen molar-refractivity contribution in [2.75, 3.05) is 31.7 Å². The second-order valence-electron chi connectivity index (χ2n) is 5.10. The van der Waals surface area contributed by atoms with Crippen molar-refractivity contribution in [1.82, 2.24) is 10.3 Å². The van der Waals surface area contributed by atoms with Crippen LogP contribution in [0.25, 0.3) is 0 Å². The van der Waals surface area contributed by atoms with Crippen molar-refractivity contribution in [1.29, 1.82) is 0 Å². The number of nitrogens with zero attached hydrogens (tertiary/aromatic N) is 2. The number of anilines is 1. The number of hydrogen-bond donors (Lipinski definition) is 2. The lowest BCUT2D eigenvalue weighted by molar-refractivity contribution is -0.0105. The van der Waals surface area contributed by atoms with Crippen molar-refractivity contribution in [3.05, 3.63) is 23.9 Å². The Bertz CT molecular complexity index is 413. The van der Waals surface area contributed by atoms with E-state index < -0.39 is 0 Å². The summed E-state index contributed by atoms with van der Waals surface area (Å²) < 4.78 is 5.56. The summed E-state index contributed by atoms with van der Waals surface area (Å²) in [4.78, 5) is 6.66. The molecule has 1 fully saturated rings. The van der Waals surface area contributed by atoms with Crippen LogP contribution in [-0.4, -0.2) is 49.0 Å². The van der Waals surface area contributed by atoms with Gasteiger partial charge in [0.05, 0.1) is 25.4 Å². The summed E-state index contributed by atoms with van der Waals surface area (Å²) in [5.74, 6) is 0.953. The SMILES string of the molecule is CNC(C)c1ccnc(N2CC(CO)OCC2C)c1. The molecule has 0 bridgehead atoms. The minimum absolute atomic E-state index is 0.0514. The van der Waals surface area contributed by atoms with Crippen LogP contribution in [0.1, 0.15) is 25.5 Å². The van der Waals surface area contributed by atoms with Gasteiger partial charge in [-0.2, -0.15) is 0 Å². The summed E-state index contributed by atoms with van der Waals surface area (Å²) in [5.41, 5.74) is 1.21. The third kappa shape index (κ3) is 3.23. The second kappa shape index (κ2) is 6.32. The zero-order chi connectivity index (χ0) is 13.8. The maximum atomic E-state index is 9.24. The summed E-state index contributed by atoms with van der Waals surface area (Å²) >= 11 is 0. The Labute approximate surface area is 114 Å². The molecule has 2 heterocycles. The fourth-order valence-electron chi connectivity index (χ4n) is 2.27. The fraction of sp³-hybridized carbons (Fsp3) is 0.643. The highest BCUT2D eigenvalue weighted by atomic mass is 16.5. The number of pyridine rings is 1. The molecular weight excluding hydrogens is 242 g/mol. The molecule has 0 spiro atoms. The van der Waals surface area contributed by atoms with Crippen molar-refractivity contribution in [2.45, 2.75) is 32.0 Å². The predicted octanol–water partition coefficient (Wildman–Crippen LogP) is 0.948. The molecule has 19 heavy (non-hydrogen) atoms. The van der Waals surface area contributed by atoms with Gasteiger partial charge < -0.3 is 20.1 Å². The molecule has 2 rings (SSSR count). The Morgan fingerprint density at radius 2 is 2.42 bits per heavy atom. The topological polar surface area (TPSA) is 57.6 Å². The second-order valence-corrected chi connectivity index (χ2v) is 5.10. The summed E-state index contributed by atoms with van der Waals surface area (Å²) in [6.07, 6.45) is 1.72. The molecule has 0 aliphatic carbocycles. The Balaban J connectivity index is 2.19. The lowest BCUT2D eigenvalue weighted by Crippen LogP contribution is -2.50. The van der Waals surface area contributed by atoms with E-state index in [9.17, 15) is 5.11 Å². The highest BCUT2D eigenvalue weighted by Crippen LogP contribution is 2.22. The molecule has 3 atom stereocenters. The number of ether oxygens (including phenoxy) is 1. The molecule has 1 saturated heterocycles. The van der Waals surface area contributed by atoms with Gasteiger partial charge in [0.15, 0.2) is 0 Å². The molecule has 0 radical (unpaired) electrons. The fourth-order valence-corrected chi connectivity index (χ4v) is 2.27. The molecule has 1 aromatic rings. The van der Waals surface area contributed by atoms with Crippen LogP contribution < -0.4 is 10.2 Å². The minimum atomic E-state index is -0.122. The van der Waals surface area contributed by atoms with Gasteiger partial charge >= 0.3 is 0 Å². The smallest absolute Gasteiger partial charge is 0.129 e. The van der Waals surface area contributed by atoms with Crippen LogP contribution in [0.3, 0.4) is 0 Å². The maximum Gasteiger partial charge on any atom is 0.129 e. The largest absolute Gasteiger partial charge is 0.394 e. The van der Waals surface area contributed by atoms with Crippen LogP contribution in [0, 0.1) is 0 Å². The summed E-state index contributed by atoms with van der Waals surface area (Å²) in [6, 6.07) is 4.71. The van der Waals surface area contributed by atoms with Crippen molar-refractivity contribution >= 4 is 5.82 Å². The highest BCUT2D eigenvalue weighted by molar-refractivity contribution is 5.43. The molecular formula is C14H23N3O2. The average Bonchev–Trinajstić information content (AvgIpc) is 2.47. The van der Waals surface area contributed by atoms with Crippen LogP contribution in [-0.2, 0) is 4.74 Å². The van der Waals surface area contributed by atoms with Crippen molar-refractivity contribution in [3.8, 4) is 0 Å². The number of hydrogen-bond acceptors (Lipinski definition) is 5. The van der Waals surface area contributed by atoms with Crippen LogP contribution in [0.4, 0.5) is 5.82 Å². The predicted molar refractivity (Wildman–Crippen MR) is 75.3 cm³/mol. The van der Waals surface area contributed by atoms with Crippen LogP contribution in [0.15, 0.2) is 18.3 Å². The lowest BCUT2D eigenvalue weighted by Gasteiger charge is -2.38. The van der Waals surface area contributed by atoms with Crippen molar-refractivity contribution in [2.24, 2.45) is 0 Å². The molecule has 5 nitrogen and oxygen atoms in total. The molecule has 0 saturated carbocycles. The van der Waals surface area contributed by atoms with Gasteiger partial charge in [0, 0.05) is 18.8 Å². The summed E-state index contributed by atoms with van der Waals surface area (Å²) in [5, 5.41) is 12.5. The Morgan fingerprint density at radius 3 is 3.11 bits per heavy atom. The van der Waals surface area contributed by atoms with E-state index in [0.717, 1.165) is 5.82 Å². The summed E-state index contributed by atoms with van der Waals surface area (Å²) in [7, 11) is 1.95. The molecule has 1 aromatic heterocycles. The van der Waals surface area contributed by atoms with Gasteiger partial charge in [-0.15, -0.1) is 0 Å². The Hall–Kier alpha value is -1.17. The van der Waals surface area contributed by atoms with Crippen molar-refractivity contribution < 1.29 is 9.84 Å².